The van der Waals surface area contributed by atoms with Gasteiger partial charge in [0.2, 0.25) is 5.91 Å². The summed E-state index contributed by atoms with van der Waals surface area (Å²) in [6.07, 6.45) is 1.19. The van der Waals surface area contributed by atoms with E-state index in [2.05, 4.69) is 10.6 Å². The minimum absolute atomic E-state index is 0.122. The van der Waals surface area contributed by atoms with Crippen LogP contribution in [-0.4, -0.2) is 36.1 Å². The largest absolute Gasteiger partial charge is 0.394 e. The summed E-state index contributed by atoms with van der Waals surface area (Å²) in [6, 6.07) is 2.45. The Morgan fingerprint density at radius 1 is 1.32 bits per heavy atom. The van der Waals surface area contributed by atoms with Gasteiger partial charge in [0.05, 0.1) is 18.2 Å². The smallest absolute Gasteiger partial charge is 0.254 e. The van der Waals surface area contributed by atoms with Crippen LogP contribution >= 0.6 is 0 Å². The summed E-state index contributed by atoms with van der Waals surface area (Å²) in [4.78, 5) is 23.2. The zero-order chi connectivity index (χ0) is 16.5. The van der Waals surface area contributed by atoms with Crippen molar-refractivity contribution in [3.8, 4) is 0 Å². The van der Waals surface area contributed by atoms with E-state index in [9.17, 15) is 18.4 Å². The minimum atomic E-state index is -0.927. The average Bonchev–Trinajstić information content (AvgIpc) is 2.48. The lowest BCUT2D eigenvalue weighted by Gasteiger charge is -2.13. The van der Waals surface area contributed by atoms with Crippen molar-refractivity contribution in [2.24, 2.45) is 0 Å². The Hall–Kier alpha value is -2.02. The van der Waals surface area contributed by atoms with Crippen LogP contribution in [-0.2, 0) is 4.79 Å². The molecule has 0 radical (unpaired) electrons. The average molecular weight is 314 g/mol. The molecule has 0 aliphatic carbocycles. The van der Waals surface area contributed by atoms with Gasteiger partial charge in [0.15, 0.2) is 0 Å². The van der Waals surface area contributed by atoms with Crippen molar-refractivity contribution >= 4 is 11.8 Å². The number of benzene rings is 1. The van der Waals surface area contributed by atoms with E-state index in [0.717, 1.165) is 12.1 Å². The summed E-state index contributed by atoms with van der Waals surface area (Å²) >= 11 is 0. The van der Waals surface area contributed by atoms with Gasteiger partial charge in [-0.15, -0.1) is 0 Å². The SMILES string of the molecule is CCC(CO)NC(=O)CCCNC(=O)c1ccc(F)cc1F. The van der Waals surface area contributed by atoms with Gasteiger partial charge in [0, 0.05) is 19.0 Å². The lowest BCUT2D eigenvalue weighted by molar-refractivity contribution is -0.122. The number of carbonyl (C=O) groups excluding carboxylic acids is 2. The van der Waals surface area contributed by atoms with Crippen LogP contribution in [0.15, 0.2) is 18.2 Å². The van der Waals surface area contributed by atoms with Gasteiger partial charge < -0.3 is 15.7 Å². The van der Waals surface area contributed by atoms with Crippen LogP contribution in [0.3, 0.4) is 0 Å². The summed E-state index contributed by atoms with van der Waals surface area (Å²) < 4.78 is 26.1. The molecule has 1 atom stereocenters. The maximum Gasteiger partial charge on any atom is 0.254 e. The quantitative estimate of drug-likeness (QED) is 0.634. The van der Waals surface area contributed by atoms with Crippen LogP contribution in [0.5, 0.6) is 0 Å². The standard InChI is InChI=1S/C15H20F2N2O3/c1-2-11(9-20)19-14(21)4-3-7-18-15(22)12-6-5-10(16)8-13(12)17/h5-6,8,11,20H,2-4,7,9H2,1H3,(H,18,22)(H,19,21). The van der Waals surface area contributed by atoms with Crippen LogP contribution in [0, 0.1) is 11.6 Å². The molecule has 1 unspecified atom stereocenters. The second-order valence-corrected chi connectivity index (χ2v) is 4.84. The number of hydrogen-bond donors (Lipinski definition) is 3. The first-order valence-electron chi connectivity index (χ1n) is 7.11. The van der Waals surface area contributed by atoms with Gasteiger partial charge in [-0.3, -0.25) is 9.59 Å². The molecule has 0 aliphatic rings. The van der Waals surface area contributed by atoms with Crippen molar-refractivity contribution in [2.45, 2.75) is 32.2 Å². The van der Waals surface area contributed by atoms with Gasteiger partial charge in [-0.05, 0) is 25.0 Å². The molecule has 0 aromatic heterocycles. The molecule has 0 bridgehead atoms. The van der Waals surface area contributed by atoms with Gasteiger partial charge in [-0.25, -0.2) is 8.78 Å². The third kappa shape index (κ3) is 5.77. The first-order chi connectivity index (χ1) is 10.5. The van der Waals surface area contributed by atoms with Crippen molar-refractivity contribution < 1.29 is 23.5 Å². The molecule has 0 aliphatic heterocycles. The summed E-state index contributed by atoms with van der Waals surface area (Å²) in [7, 11) is 0. The van der Waals surface area contributed by atoms with Crippen LogP contribution in [0.1, 0.15) is 36.5 Å². The highest BCUT2D eigenvalue weighted by Gasteiger charge is 2.12. The first kappa shape index (κ1) is 18.0. The summed E-state index contributed by atoms with van der Waals surface area (Å²) in [6.45, 7) is 1.92. The number of aliphatic hydroxyl groups is 1. The lowest BCUT2D eigenvalue weighted by atomic mass is 10.2. The zero-order valence-corrected chi connectivity index (χ0v) is 12.4. The first-order valence-corrected chi connectivity index (χ1v) is 7.11. The number of aliphatic hydroxyl groups excluding tert-OH is 1. The number of rotatable bonds is 8. The predicted molar refractivity (Wildman–Crippen MR) is 77.2 cm³/mol. The lowest BCUT2D eigenvalue weighted by Crippen LogP contribution is -2.37. The van der Waals surface area contributed by atoms with Crippen molar-refractivity contribution in [3.63, 3.8) is 0 Å². The topological polar surface area (TPSA) is 78.4 Å². The van der Waals surface area contributed by atoms with Gasteiger partial charge in [-0.1, -0.05) is 6.92 Å². The Labute approximate surface area is 127 Å². The molecule has 0 saturated heterocycles. The Bertz CT molecular complexity index is 520. The Morgan fingerprint density at radius 2 is 2.05 bits per heavy atom. The molecule has 1 rings (SSSR count). The van der Waals surface area contributed by atoms with Crippen LogP contribution in [0.4, 0.5) is 8.78 Å². The number of halogens is 2. The molecule has 0 fully saturated rings. The predicted octanol–water partition coefficient (Wildman–Crippen LogP) is 1.36. The Kier molecular flexibility index (Phi) is 7.45. The van der Waals surface area contributed by atoms with Crippen molar-refractivity contribution in [1.82, 2.24) is 10.6 Å². The fourth-order valence-corrected chi connectivity index (χ4v) is 1.80. The number of hydrogen-bond acceptors (Lipinski definition) is 3. The van der Waals surface area contributed by atoms with Gasteiger partial charge in [-0.2, -0.15) is 0 Å². The summed E-state index contributed by atoms with van der Waals surface area (Å²) in [5.74, 6) is -2.55. The molecular formula is C15H20F2N2O3. The normalized spacial score (nSPS) is 11.8. The fraction of sp³-hybridized carbons (Fsp3) is 0.467. The van der Waals surface area contributed by atoms with E-state index in [0.29, 0.717) is 18.9 Å². The molecule has 0 spiro atoms. The van der Waals surface area contributed by atoms with Crippen LogP contribution in [0.25, 0.3) is 0 Å². The van der Waals surface area contributed by atoms with Gasteiger partial charge >= 0.3 is 0 Å². The third-order valence-corrected chi connectivity index (χ3v) is 3.12. The molecule has 1 aromatic rings. The fourth-order valence-electron chi connectivity index (χ4n) is 1.80. The van der Waals surface area contributed by atoms with Crippen LogP contribution < -0.4 is 10.6 Å². The summed E-state index contributed by atoms with van der Waals surface area (Å²) in [5.41, 5.74) is -0.239. The summed E-state index contributed by atoms with van der Waals surface area (Å²) in [5, 5.41) is 14.1. The molecular weight excluding hydrogens is 294 g/mol. The van der Waals surface area contributed by atoms with Crippen molar-refractivity contribution in [3.05, 3.63) is 35.4 Å². The second-order valence-electron chi connectivity index (χ2n) is 4.84. The van der Waals surface area contributed by atoms with E-state index in [1.165, 1.54) is 0 Å². The molecule has 22 heavy (non-hydrogen) atoms. The third-order valence-electron chi connectivity index (χ3n) is 3.12. The Morgan fingerprint density at radius 3 is 2.64 bits per heavy atom. The van der Waals surface area contributed by atoms with Crippen molar-refractivity contribution in [1.29, 1.82) is 0 Å². The number of amides is 2. The van der Waals surface area contributed by atoms with Crippen LogP contribution in [0.2, 0.25) is 0 Å². The van der Waals surface area contributed by atoms with E-state index in [1.54, 1.807) is 0 Å². The maximum absolute atomic E-state index is 13.4. The number of nitrogens with one attached hydrogen (secondary N) is 2. The monoisotopic (exact) mass is 314 g/mol. The highest BCUT2D eigenvalue weighted by atomic mass is 19.1. The minimum Gasteiger partial charge on any atom is -0.394 e. The van der Waals surface area contributed by atoms with E-state index in [1.807, 2.05) is 6.92 Å². The maximum atomic E-state index is 13.4. The molecule has 3 N–H and O–H groups in total. The molecule has 2 amide bonds. The second kappa shape index (κ2) is 9.09. The van der Waals surface area contributed by atoms with E-state index in [-0.39, 0.29) is 37.1 Å². The van der Waals surface area contributed by atoms with Gasteiger partial charge in [0.25, 0.3) is 5.91 Å². The highest BCUT2D eigenvalue weighted by molar-refractivity contribution is 5.94. The highest BCUT2D eigenvalue weighted by Crippen LogP contribution is 2.09. The number of carbonyl (C=O) groups is 2. The molecule has 7 heteroatoms. The Balaban J connectivity index is 2.32. The van der Waals surface area contributed by atoms with Crippen molar-refractivity contribution in [2.75, 3.05) is 13.2 Å². The van der Waals surface area contributed by atoms with Gasteiger partial charge in [0.1, 0.15) is 11.6 Å². The molecule has 122 valence electrons. The molecule has 0 heterocycles. The molecule has 1 aromatic carbocycles. The van der Waals surface area contributed by atoms with E-state index >= 15 is 0 Å². The molecule has 5 nitrogen and oxygen atoms in total. The van der Waals surface area contributed by atoms with E-state index in [4.69, 9.17) is 5.11 Å². The van der Waals surface area contributed by atoms with E-state index < -0.39 is 17.5 Å². The molecule has 0 saturated carbocycles. The zero-order valence-electron chi connectivity index (χ0n) is 12.4.